The summed E-state index contributed by atoms with van der Waals surface area (Å²) in [4.78, 5) is 15.9. The Morgan fingerprint density at radius 2 is 2.22 bits per heavy atom. The standard InChI is InChI=1S/C13H17N3O2/c1-13(2,3)18-12(17)14-8-10-9-16-7-5-4-6-11(16)15-10/h4-7,9H,8H2,1-3H3,(H,14,17). The summed E-state index contributed by atoms with van der Waals surface area (Å²) in [5.41, 5.74) is 1.17. The summed E-state index contributed by atoms with van der Waals surface area (Å²) >= 11 is 0. The van der Waals surface area contributed by atoms with Crippen LogP contribution in [0.3, 0.4) is 0 Å². The molecule has 0 aliphatic rings. The first-order valence-corrected chi connectivity index (χ1v) is 5.83. The molecule has 0 saturated heterocycles. The molecule has 18 heavy (non-hydrogen) atoms. The molecular weight excluding hydrogens is 230 g/mol. The van der Waals surface area contributed by atoms with E-state index in [1.165, 1.54) is 0 Å². The number of pyridine rings is 1. The third-order valence-electron chi connectivity index (χ3n) is 2.23. The van der Waals surface area contributed by atoms with E-state index in [2.05, 4.69) is 10.3 Å². The molecule has 2 heterocycles. The lowest BCUT2D eigenvalue weighted by Gasteiger charge is -2.19. The summed E-state index contributed by atoms with van der Waals surface area (Å²) in [6, 6.07) is 5.77. The molecule has 96 valence electrons. The number of imidazole rings is 1. The van der Waals surface area contributed by atoms with Crippen LogP contribution in [0.25, 0.3) is 5.65 Å². The molecular formula is C13H17N3O2. The van der Waals surface area contributed by atoms with Gasteiger partial charge in [0, 0.05) is 12.4 Å². The average Bonchev–Trinajstić information content (AvgIpc) is 2.66. The van der Waals surface area contributed by atoms with Crippen LogP contribution >= 0.6 is 0 Å². The number of fused-ring (bicyclic) bond motifs is 1. The Hall–Kier alpha value is -2.04. The van der Waals surface area contributed by atoms with Gasteiger partial charge in [-0.15, -0.1) is 0 Å². The minimum Gasteiger partial charge on any atom is -0.444 e. The lowest BCUT2D eigenvalue weighted by molar-refractivity contribution is 0.0523. The number of nitrogens with one attached hydrogen (secondary N) is 1. The van der Waals surface area contributed by atoms with E-state index in [1.807, 2.05) is 55.8 Å². The Balaban J connectivity index is 1.96. The summed E-state index contributed by atoms with van der Waals surface area (Å²) in [6.45, 7) is 5.85. The third-order valence-corrected chi connectivity index (χ3v) is 2.23. The molecule has 0 aromatic carbocycles. The van der Waals surface area contributed by atoms with Gasteiger partial charge in [0.1, 0.15) is 11.2 Å². The molecule has 0 bridgehead atoms. The van der Waals surface area contributed by atoms with Gasteiger partial charge >= 0.3 is 6.09 Å². The lowest BCUT2D eigenvalue weighted by Crippen LogP contribution is -2.32. The molecule has 2 rings (SSSR count). The number of carbonyl (C=O) groups excluding carboxylic acids is 1. The molecule has 0 aliphatic heterocycles. The normalized spacial score (nSPS) is 11.5. The van der Waals surface area contributed by atoms with Crippen molar-refractivity contribution in [2.45, 2.75) is 32.9 Å². The molecule has 2 aromatic rings. The fourth-order valence-corrected chi connectivity index (χ4v) is 1.55. The van der Waals surface area contributed by atoms with Crippen molar-refractivity contribution in [3.63, 3.8) is 0 Å². The first-order chi connectivity index (χ1) is 8.44. The summed E-state index contributed by atoms with van der Waals surface area (Å²) in [5, 5.41) is 2.68. The first-order valence-electron chi connectivity index (χ1n) is 5.83. The van der Waals surface area contributed by atoms with Gasteiger partial charge < -0.3 is 14.5 Å². The number of hydrogen-bond acceptors (Lipinski definition) is 3. The molecule has 0 unspecified atom stereocenters. The number of alkyl carbamates (subject to hydrolysis) is 1. The highest BCUT2D eigenvalue weighted by molar-refractivity contribution is 5.67. The molecule has 1 N–H and O–H groups in total. The highest BCUT2D eigenvalue weighted by atomic mass is 16.6. The van der Waals surface area contributed by atoms with Crippen LogP contribution in [0.2, 0.25) is 0 Å². The zero-order valence-corrected chi connectivity index (χ0v) is 10.8. The molecule has 5 nitrogen and oxygen atoms in total. The van der Waals surface area contributed by atoms with Crippen molar-refractivity contribution in [3.05, 3.63) is 36.3 Å². The maximum Gasteiger partial charge on any atom is 0.407 e. The van der Waals surface area contributed by atoms with Gasteiger partial charge in [0.15, 0.2) is 0 Å². The second kappa shape index (κ2) is 4.68. The van der Waals surface area contributed by atoms with Crippen molar-refractivity contribution < 1.29 is 9.53 Å². The van der Waals surface area contributed by atoms with Crippen LogP contribution in [0.4, 0.5) is 4.79 Å². The number of amides is 1. The Labute approximate surface area is 106 Å². The van der Waals surface area contributed by atoms with Crippen molar-refractivity contribution in [2.24, 2.45) is 0 Å². The molecule has 1 amide bonds. The molecule has 5 heteroatoms. The van der Waals surface area contributed by atoms with Crippen LogP contribution in [-0.4, -0.2) is 21.1 Å². The van der Waals surface area contributed by atoms with E-state index in [1.54, 1.807) is 0 Å². The van der Waals surface area contributed by atoms with Crippen LogP contribution < -0.4 is 5.32 Å². The van der Waals surface area contributed by atoms with Gasteiger partial charge in [0.05, 0.1) is 12.2 Å². The van der Waals surface area contributed by atoms with Crippen molar-refractivity contribution >= 4 is 11.7 Å². The van der Waals surface area contributed by atoms with Gasteiger partial charge in [-0.2, -0.15) is 0 Å². The molecule has 0 atom stereocenters. The number of ether oxygens (including phenoxy) is 1. The Morgan fingerprint density at radius 1 is 1.44 bits per heavy atom. The zero-order valence-electron chi connectivity index (χ0n) is 10.8. The van der Waals surface area contributed by atoms with Gasteiger partial charge in [-0.1, -0.05) is 6.07 Å². The largest absolute Gasteiger partial charge is 0.444 e. The average molecular weight is 247 g/mol. The van der Waals surface area contributed by atoms with Crippen molar-refractivity contribution in [1.29, 1.82) is 0 Å². The zero-order chi connectivity index (χ0) is 13.2. The SMILES string of the molecule is CC(C)(C)OC(=O)NCc1cn2ccccc2n1. The van der Waals surface area contributed by atoms with E-state index in [4.69, 9.17) is 4.74 Å². The van der Waals surface area contributed by atoms with Gasteiger partial charge in [0.25, 0.3) is 0 Å². The summed E-state index contributed by atoms with van der Waals surface area (Å²) in [6.07, 6.45) is 3.37. The molecule has 0 radical (unpaired) electrons. The van der Waals surface area contributed by atoms with Gasteiger partial charge in [-0.05, 0) is 32.9 Å². The maximum absolute atomic E-state index is 11.5. The van der Waals surface area contributed by atoms with Gasteiger partial charge in [-0.25, -0.2) is 9.78 Å². The van der Waals surface area contributed by atoms with Crippen LogP contribution in [0.1, 0.15) is 26.5 Å². The minimum atomic E-state index is -0.483. The number of aromatic nitrogens is 2. The highest BCUT2D eigenvalue weighted by Crippen LogP contribution is 2.07. The number of rotatable bonds is 2. The second-order valence-corrected chi connectivity index (χ2v) is 5.05. The molecule has 0 aliphatic carbocycles. The highest BCUT2D eigenvalue weighted by Gasteiger charge is 2.15. The summed E-state index contributed by atoms with van der Waals surface area (Å²) in [5.74, 6) is 0. The van der Waals surface area contributed by atoms with Crippen LogP contribution in [0.5, 0.6) is 0 Å². The predicted molar refractivity (Wildman–Crippen MR) is 68.3 cm³/mol. The molecule has 0 saturated carbocycles. The van der Waals surface area contributed by atoms with Crippen LogP contribution in [0.15, 0.2) is 30.6 Å². The van der Waals surface area contributed by atoms with Crippen LogP contribution in [0, 0.1) is 0 Å². The Bertz CT molecular complexity index is 522. The maximum atomic E-state index is 11.5. The van der Waals surface area contributed by atoms with Gasteiger partial charge in [0.2, 0.25) is 0 Å². The third kappa shape index (κ3) is 3.23. The lowest BCUT2D eigenvalue weighted by atomic mass is 10.2. The van der Waals surface area contributed by atoms with Crippen molar-refractivity contribution in [1.82, 2.24) is 14.7 Å². The number of nitrogens with zero attached hydrogens (tertiary/aromatic N) is 2. The van der Waals surface area contributed by atoms with Crippen LogP contribution in [-0.2, 0) is 11.3 Å². The number of carbonyl (C=O) groups is 1. The molecule has 0 fully saturated rings. The first kappa shape index (κ1) is 12.4. The fraction of sp³-hybridized carbons (Fsp3) is 0.385. The van der Waals surface area contributed by atoms with E-state index < -0.39 is 11.7 Å². The van der Waals surface area contributed by atoms with E-state index in [0.29, 0.717) is 6.54 Å². The quantitative estimate of drug-likeness (QED) is 0.886. The summed E-state index contributed by atoms with van der Waals surface area (Å²) < 4.78 is 7.06. The molecule has 2 aromatic heterocycles. The summed E-state index contributed by atoms with van der Waals surface area (Å²) in [7, 11) is 0. The fourth-order valence-electron chi connectivity index (χ4n) is 1.55. The molecule has 0 spiro atoms. The van der Waals surface area contributed by atoms with Crippen molar-refractivity contribution in [2.75, 3.05) is 0 Å². The smallest absolute Gasteiger partial charge is 0.407 e. The monoisotopic (exact) mass is 247 g/mol. The van der Waals surface area contributed by atoms with Gasteiger partial charge in [-0.3, -0.25) is 0 Å². The van der Waals surface area contributed by atoms with E-state index in [0.717, 1.165) is 11.3 Å². The minimum absolute atomic E-state index is 0.358. The Kier molecular flexibility index (Phi) is 3.23. The van der Waals surface area contributed by atoms with E-state index >= 15 is 0 Å². The van der Waals surface area contributed by atoms with Crippen molar-refractivity contribution in [3.8, 4) is 0 Å². The predicted octanol–water partition coefficient (Wildman–Crippen LogP) is 2.36. The number of hydrogen-bond donors (Lipinski definition) is 1. The second-order valence-electron chi connectivity index (χ2n) is 5.05. The van der Waals surface area contributed by atoms with E-state index in [9.17, 15) is 4.79 Å². The topological polar surface area (TPSA) is 55.6 Å². The van der Waals surface area contributed by atoms with E-state index in [-0.39, 0.29) is 0 Å². The Morgan fingerprint density at radius 3 is 2.89 bits per heavy atom.